The van der Waals surface area contributed by atoms with E-state index in [1.54, 1.807) is 44.2 Å². The van der Waals surface area contributed by atoms with Crippen molar-refractivity contribution < 1.29 is 27.5 Å². The van der Waals surface area contributed by atoms with E-state index in [4.69, 9.17) is 9.47 Å². The highest BCUT2D eigenvalue weighted by Gasteiger charge is 2.27. The molecule has 11 heteroatoms. The van der Waals surface area contributed by atoms with E-state index in [-0.39, 0.29) is 41.1 Å². The number of amides is 1. The first-order chi connectivity index (χ1) is 16.1. The van der Waals surface area contributed by atoms with Crippen LogP contribution in [0.25, 0.3) is 11.1 Å². The molecule has 10 nitrogen and oxygen atoms in total. The highest BCUT2D eigenvalue weighted by Crippen LogP contribution is 2.36. The number of hydrogen-bond acceptors (Lipinski definition) is 7. The number of aryl methyl sites for hydroxylation is 2. The number of carbonyl (C=O) groups excluding carboxylic acids is 2. The van der Waals surface area contributed by atoms with E-state index in [0.717, 1.165) is 0 Å². The number of aromatic nitrogens is 2. The number of anilines is 2. The zero-order valence-electron chi connectivity index (χ0n) is 19.1. The van der Waals surface area contributed by atoms with E-state index < -0.39 is 10.0 Å². The van der Waals surface area contributed by atoms with Crippen molar-refractivity contribution in [1.29, 1.82) is 0 Å². The molecule has 0 aliphatic carbocycles. The lowest BCUT2D eigenvalue weighted by Gasteiger charge is -2.14. The largest absolute Gasteiger partial charge is 0.497 e. The zero-order chi connectivity index (χ0) is 24.6. The van der Waals surface area contributed by atoms with Gasteiger partial charge in [0.25, 0.3) is 10.0 Å². The molecular weight excluding hydrogens is 460 g/mol. The van der Waals surface area contributed by atoms with E-state index >= 15 is 0 Å². The Labute approximate surface area is 196 Å². The molecule has 0 spiro atoms. The molecule has 1 aliphatic rings. The van der Waals surface area contributed by atoms with Gasteiger partial charge in [-0.15, -0.1) is 0 Å². The van der Waals surface area contributed by atoms with E-state index in [9.17, 15) is 18.0 Å². The van der Waals surface area contributed by atoms with E-state index in [2.05, 4.69) is 15.1 Å². The molecular formula is C23H24N4O6S. The van der Waals surface area contributed by atoms with Crippen molar-refractivity contribution in [2.75, 3.05) is 24.3 Å². The van der Waals surface area contributed by atoms with Gasteiger partial charge in [-0.05, 0) is 31.0 Å². The normalized spacial score (nSPS) is 13.6. The summed E-state index contributed by atoms with van der Waals surface area (Å²) in [5, 5.41) is 7.01. The third-order valence-electron chi connectivity index (χ3n) is 5.49. The number of benzene rings is 2. The van der Waals surface area contributed by atoms with Crippen molar-refractivity contribution in [1.82, 2.24) is 9.78 Å². The number of hydrogen-bond donors (Lipinski definition) is 2. The quantitative estimate of drug-likeness (QED) is 0.549. The summed E-state index contributed by atoms with van der Waals surface area (Å²) in [6.45, 7) is 3.38. The van der Waals surface area contributed by atoms with Crippen LogP contribution in [0.1, 0.15) is 28.9 Å². The Morgan fingerprint density at radius 3 is 2.32 bits per heavy atom. The average Bonchev–Trinajstić information content (AvgIpc) is 3.05. The molecule has 34 heavy (non-hydrogen) atoms. The Bertz CT molecular complexity index is 1390. The van der Waals surface area contributed by atoms with Crippen molar-refractivity contribution in [2.24, 2.45) is 0 Å². The van der Waals surface area contributed by atoms with Gasteiger partial charge in [-0.2, -0.15) is 9.78 Å². The predicted octanol–water partition coefficient (Wildman–Crippen LogP) is 3.36. The number of sulfonamides is 1. The van der Waals surface area contributed by atoms with Crippen molar-refractivity contribution in [2.45, 2.75) is 31.6 Å². The van der Waals surface area contributed by atoms with Gasteiger partial charge in [-0.3, -0.25) is 14.3 Å². The van der Waals surface area contributed by atoms with Gasteiger partial charge in [0.1, 0.15) is 17.3 Å². The van der Waals surface area contributed by atoms with Crippen LogP contribution < -0.4 is 19.5 Å². The molecule has 0 saturated heterocycles. The van der Waals surface area contributed by atoms with Gasteiger partial charge >= 0.3 is 0 Å². The number of carbonyl (C=O) groups is 2. The highest BCUT2D eigenvalue weighted by atomic mass is 32.2. The average molecular weight is 485 g/mol. The minimum Gasteiger partial charge on any atom is -0.497 e. The molecule has 0 unspecified atom stereocenters. The molecule has 2 N–H and O–H groups in total. The first-order valence-corrected chi connectivity index (χ1v) is 11.9. The second kappa shape index (κ2) is 8.82. The van der Waals surface area contributed by atoms with Crippen molar-refractivity contribution in [3.8, 4) is 22.6 Å². The molecule has 1 aliphatic heterocycles. The third kappa shape index (κ3) is 4.34. The lowest BCUT2D eigenvalue weighted by Crippen LogP contribution is -2.15. The Balaban J connectivity index is 1.78. The lowest BCUT2D eigenvalue weighted by atomic mass is 10.0. The summed E-state index contributed by atoms with van der Waals surface area (Å²) in [5.74, 6) is 0.489. The van der Waals surface area contributed by atoms with Crippen molar-refractivity contribution >= 4 is 33.3 Å². The monoisotopic (exact) mass is 484 g/mol. The highest BCUT2D eigenvalue weighted by molar-refractivity contribution is 7.92. The molecule has 0 saturated carbocycles. The molecule has 2 heterocycles. The topological polar surface area (TPSA) is 129 Å². The van der Waals surface area contributed by atoms with Gasteiger partial charge in [-0.1, -0.05) is 12.1 Å². The summed E-state index contributed by atoms with van der Waals surface area (Å²) in [5.41, 5.74) is 2.27. The zero-order valence-corrected chi connectivity index (χ0v) is 19.9. The maximum Gasteiger partial charge on any atom is 0.262 e. The van der Waals surface area contributed by atoms with Crippen LogP contribution in [0.15, 0.2) is 41.3 Å². The van der Waals surface area contributed by atoms with Gasteiger partial charge < -0.3 is 14.8 Å². The van der Waals surface area contributed by atoms with Gasteiger partial charge in [0.15, 0.2) is 0 Å². The number of rotatable bonds is 6. The Morgan fingerprint density at radius 1 is 1.00 bits per heavy atom. The van der Waals surface area contributed by atoms with Crippen LogP contribution in [0.4, 0.5) is 11.5 Å². The van der Waals surface area contributed by atoms with Gasteiger partial charge in [0.05, 0.1) is 30.5 Å². The summed E-state index contributed by atoms with van der Waals surface area (Å²) in [6.07, 6.45) is 0.100. The van der Waals surface area contributed by atoms with Crippen LogP contribution in [-0.4, -0.2) is 44.2 Å². The number of nitrogens with zero attached hydrogens (tertiary/aromatic N) is 2. The second-order valence-corrected chi connectivity index (χ2v) is 9.50. The van der Waals surface area contributed by atoms with Crippen LogP contribution in [0.3, 0.4) is 0 Å². The lowest BCUT2D eigenvalue weighted by molar-refractivity contribution is -0.116. The summed E-state index contributed by atoms with van der Waals surface area (Å²) >= 11 is 0. The van der Waals surface area contributed by atoms with Crippen molar-refractivity contribution in [3.63, 3.8) is 0 Å². The van der Waals surface area contributed by atoms with E-state index in [1.165, 1.54) is 25.0 Å². The molecule has 0 fully saturated rings. The van der Waals surface area contributed by atoms with Crippen LogP contribution >= 0.6 is 0 Å². The summed E-state index contributed by atoms with van der Waals surface area (Å²) in [4.78, 5) is 24.6. The molecule has 1 aromatic heterocycles. The fourth-order valence-electron chi connectivity index (χ4n) is 3.81. The molecule has 4 rings (SSSR count). The van der Waals surface area contributed by atoms with E-state index in [1.807, 2.05) is 0 Å². The summed E-state index contributed by atoms with van der Waals surface area (Å²) < 4.78 is 40.8. The van der Waals surface area contributed by atoms with Crippen LogP contribution in [0, 0.1) is 13.8 Å². The Kier molecular flexibility index (Phi) is 6.05. The standard InChI is InChI=1S/C23H24N4O6S/c1-13-5-6-15(22-14(2)25-27-21(29)8-7-20(28)24-23(22)27)9-19(13)34(30,31)26-16-10-17(32-3)12-18(11-16)33-4/h5-6,9-12,26H,7-8H2,1-4H3,(H,24,28). The molecule has 0 atom stereocenters. The van der Waals surface area contributed by atoms with Crippen LogP contribution in [0.5, 0.6) is 11.5 Å². The molecule has 2 aromatic carbocycles. The maximum atomic E-state index is 13.3. The van der Waals surface area contributed by atoms with Crippen LogP contribution in [0.2, 0.25) is 0 Å². The Morgan fingerprint density at radius 2 is 1.68 bits per heavy atom. The van der Waals surface area contributed by atoms with Gasteiger partial charge in [0.2, 0.25) is 11.8 Å². The molecule has 1 amide bonds. The minimum absolute atomic E-state index is 0.0393. The van der Waals surface area contributed by atoms with Crippen LogP contribution in [-0.2, 0) is 14.8 Å². The summed E-state index contributed by atoms with van der Waals surface area (Å²) in [7, 11) is -1.07. The SMILES string of the molecule is COc1cc(NS(=O)(=O)c2cc(-c3c(C)nn4c3NC(=O)CCC4=O)ccc2C)cc(OC)c1. The Hall–Kier alpha value is -3.86. The fourth-order valence-corrected chi connectivity index (χ4v) is 5.12. The second-order valence-electron chi connectivity index (χ2n) is 7.85. The smallest absolute Gasteiger partial charge is 0.262 e. The number of nitrogens with one attached hydrogen (secondary N) is 2. The van der Waals surface area contributed by atoms with Crippen molar-refractivity contribution in [3.05, 3.63) is 47.7 Å². The van der Waals surface area contributed by atoms with E-state index in [0.29, 0.717) is 33.9 Å². The minimum atomic E-state index is -4.01. The number of fused-ring (bicyclic) bond motifs is 1. The molecule has 0 radical (unpaired) electrons. The first-order valence-electron chi connectivity index (χ1n) is 10.4. The fraction of sp³-hybridized carbons (Fsp3) is 0.261. The third-order valence-corrected chi connectivity index (χ3v) is 7.01. The van der Waals surface area contributed by atoms with Gasteiger partial charge in [0, 0.05) is 36.6 Å². The predicted molar refractivity (Wildman–Crippen MR) is 126 cm³/mol. The first kappa shape index (κ1) is 23.3. The molecule has 3 aromatic rings. The summed E-state index contributed by atoms with van der Waals surface area (Å²) in [6, 6.07) is 9.62. The molecule has 0 bridgehead atoms. The van der Waals surface area contributed by atoms with Gasteiger partial charge in [-0.25, -0.2) is 8.42 Å². The number of methoxy groups -OCH3 is 2. The number of ether oxygens (including phenoxy) is 2. The molecule has 178 valence electrons. The maximum absolute atomic E-state index is 13.3.